The monoisotopic (exact) mass is 358 g/mol. The molecule has 0 radical (unpaired) electrons. The van der Waals surface area contributed by atoms with Crippen LogP contribution in [0.3, 0.4) is 0 Å². The van der Waals surface area contributed by atoms with Crippen LogP contribution in [0.1, 0.15) is 46.2 Å². The molecule has 0 aliphatic heterocycles. The average Bonchev–Trinajstić information content (AvgIpc) is 2.81. The van der Waals surface area contributed by atoms with Crippen molar-refractivity contribution >= 4 is 11.1 Å². The predicted molar refractivity (Wildman–Crippen MR) is 109 cm³/mol. The van der Waals surface area contributed by atoms with Crippen LogP contribution < -0.4 is 0 Å². The van der Waals surface area contributed by atoms with Crippen molar-refractivity contribution in [2.45, 2.75) is 33.1 Å². The summed E-state index contributed by atoms with van der Waals surface area (Å²) < 4.78 is 15.2. The quantitative estimate of drug-likeness (QED) is 0.558. The van der Waals surface area contributed by atoms with Gasteiger partial charge in [-0.1, -0.05) is 42.5 Å². The smallest absolute Gasteiger partial charge is 0.131 e. The number of benzene rings is 3. The van der Waals surface area contributed by atoms with Gasteiger partial charge in [0.1, 0.15) is 11.6 Å². The molecule has 0 aromatic heterocycles. The molecule has 0 spiro atoms. The SMILES string of the molecule is Cc1cc(C)c(C2=C(c3ccccc3)CCCc3cc(O)ccc32)c(F)c1. The molecule has 0 bridgehead atoms. The first-order valence-electron chi connectivity index (χ1n) is 9.42. The van der Waals surface area contributed by atoms with Gasteiger partial charge in [-0.15, -0.1) is 0 Å². The van der Waals surface area contributed by atoms with Gasteiger partial charge in [-0.3, -0.25) is 0 Å². The van der Waals surface area contributed by atoms with Gasteiger partial charge in [-0.25, -0.2) is 4.39 Å². The third kappa shape index (κ3) is 3.28. The first-order chi connectivity index (χ1) is 13.0. The van der Waals surface area contributed by atoms with E-state index in [0.717, 1.165) is 52.7 Å². The Balaban J connectivity index is 2.09. The van der Waals surface area contributed by atoms with Gasteiger partial charge in [0.05, 0.1) is 0 Å². The van der Waals surface area contributed by atoms with E-state index >= 15 is 4.39 Å². The molecule has 0 saturated heterocycles. The van der Waals surface area contributed by atoms with E-state index in [9.17, 15) is 5.11 Å². The summed E-state index contributed by atoms with van der Waals surface area (Å²) in [6, 6.07) is 19.4. The minimum atomic E-state index is -0.183. The van der Waals surface area contributed by atoms with Crippen molar-refractivity contribution in [1.29, 1.82) is 0 Å². The third-order valence-corrected chi connectivity index (χ3v) is 5.34. The highest BCUT2D eigenvalue weighted by Gasteiger charge is 2.24. The Morgan fingerprint density at radius 1 is 0.889 bits per heavy atom. The molecule has 3 aromatic rings. The first kappa shape index (κ1) is 17.5. The lowest BCUT2D eigenvalue weighted by Crippen LogP contribution is -2.01. The lowest BCUT2D eigenvalue weighted by molar-refractivity contribution is 0.474. The Morgan fingerprint density at radius 2 is 1.67 bits per heavy atom. The van der Waals surface area contributed by atoms with Gasteiger partial charge in [0.25, 0.3) is 0 Å². The van der Waals surface area contributed by atoms with Crippen LogP contribution in [-0.4, -0.2) is 5.11 Å². The first-order valence-corrected chi connectivity index (χ1v) is 9.42. The standard InChI is InChI=1S/C25H23FO/c1-16-13-17(2)24(23(26)14-16)25-21(18-7-4-3-5-8-18)10-6-9-19-15-20(27)11-12-22(19)25/h3-5,7-8,11-15,27H,6,9-10H2,1-2H3. The summed E-state index contributed by atoms with van der Waals surface area (Å²) in [5, 5.41) is 9.98. The number of hydrogen-bond donors (Lipinski definition) is 1. The second kappa shape index (κ2) is 7.03. The molecule has 0 fully saturated rings. The van der Waals surface area contributed by atoms with Gasteiger partial charge in [0, 0.05) is 5.56 Å². The summed E-state index contributed by atoms with van der Waals surface area (Å²) in [4.78, 5) is 0. The van der Waals surface area contributed by atoms with Crippen LogP contribution in [0.4, 0.5) is 4.39 Å². The maximum atomic E-state index is 15.2. The molecular formula is C25H23FO. The van der Waals surface area contributed by atoms with Crippen molar-refractivity contribution in [1.82, 2.24) is 0 Å². The van der Waals surface area contributed by atoms with Gasteiger partial charge < -0.3 is 5.11 Å². The topological polar surface area (TPSA) is 20.2 Å². The molecule has 2 heteroatoms. The molecule has 1 N–H and O–H groups in total. The lowest BCUT2D eigenvalue weighted by Gasteiger charge is -2.19. The second-order valence-corrected chi connectivity index (χ2v) is 7.35. The largest absolute Gasteiger partial charge is 0.508 e. The number of aromatic hydroxyl groups is 1. The van der Waals surface area contributed by atoms with Crippen molar-refractivity contribution in [2.75, 3.05) is 0 Å². The van der Waals surface area contributed by atoms with Gasteiger partial charge in [-0.05, 0) is 90.3 Å². The molecule has 136 valence electrons. The fourth-order valence-corrected chi connectivity index (χ4v) is 4.22. The van der Waals surface area contributed by atoms with E-state index in [1.165, 1.54) is 5.57 Å². The molecule has 27 heavy (non-hydrogen) atoms. The maximum absolute atomic E-state index is 15.2. The number of fused-ring (bicyclic) bond motifs is 1. The summed E-state index contributed by atoms with van der Waals surface area (Å²) in [5.74, 6) is 0.0780. The zero-order valence-electron chi connectivity index (χ0n) is 15.7. The van der Waals surface area contributed by atoms with Crippen molar-refractivity contribution in [3.05, 3.63) is 99.9 Å². The van der Waals surface area contributed by atoms with E-state index in [2.05, 4.69) is 12.1 Å². The molecular weight excluding hydrogens is 335 g/mol. The van der Waals surface area contributed by atoms with Crippen molar-refractivity contribution < 1.29 is 9.50 Å². The van der Waals surface area contributed by atoms with Crippen LogP contribution in [0.5, 0.6) is 5.75 Å². The summed E-state index contributed by atoms with van der Waals surface area (Å²) in [6.45, 7) is 3.90. The van der Waals surface area contributed by atoms with Crippen LogP contribution in [0.2, 0.25) is 0 Å². The highest BCUT2D eigenvalue weighted by molar-refractivity contribution is 6.00. The van der Waals surface area contributed by atoms with Crippen molar-refractivity contribution in [3.63, 3.8) is 0 Å². The van der Waals surface area contributed by atoms with Crippen molar-refractivity contribution in [3.8, 4) is 5.75 Å². The van der Waals surface area contributed by atoms with Gasteiger partial charge in [0.2, 0.25) is 0 Å². The molecule has 0 saturated carbocycles. The molecule has 1 nitrogen and oxygen atoms in total. The number of halogens is 1. The Labute approximate surface area is 159 Å². The van der Waals surface area contributed by atoms with E-state index in [0.29, 0.717) is 5.56 Å². The molecule has 0 atom stereocenters. The Kier molecular flexibility index (Phi) is 4.57. The van der Waals surface area contributed by atoms with E-state index in [1.807, 2.05) is 50.2 Å². The minimum Gasteiger partial charge on any atom is -0.508 e. The van der Waals surface area contributed by atoms with Crippen LogP contribution >= 0.6 is 0 Å². The highest BCUT2D eigenvalue weighted by atomic mass is 19.1. The number of hydrogen-bond acceptors (Lipinski definition) is 1. The fraction of sp³-hybridized carbons (Fsp3) is 0.200. The number of phenolic OH excluding ortho intramolecular Hbond substituents is 1. The number of phenols is 1. The minimum absolute atomic E-state index is 0.183. The third-order valence-electron chi connectivity index (χ3n) is 5.34. The molecule has 4 rings (SSSR count). The van der Waals surface area contributed by atoms with Gasteiger partial charge >= 0.3 is 0 Å². The number of aryl methyl sites for hydroxylation is 3. The molecule has 0 heterocycles. The Bertz CT molecular complexity index is 1010. The van der Waals surface area contributed by atoms with Crippen LogP contribution in [-0.2, 0) is 6.42 Å². The van der Waals surface area contributed by atoms with Crippen LogP contribution in [0.15, 0.2) is 60.7 Å². The summed E-state index contributed by atoms with van der Waals surface area (Å²) in [6.07, 6.45) is 2.72. The molecule has 0 amide bonds. The van der Waals surface area contributed by atoms with E-state index in [1.54, 1.807) is 12.1 Å². The molecule has 1 aliphatic carbocycles. The van der Waals surface area contributed by atoms with E-state index in [4.69, 9.17) is 0 Å². The van der Waals surface area contributed by atoms with Crippen LogP contribution in [0.25, 0.3) is 11.1 Å². The van der Waals surface area contributed by atoms with Gasteiger partial charge in [0.15, 0.2) is 0 Å². The summed E-state index contributed by atoms with van der Waals surface area (Å²) >= 11 is 0. The Hall–Kier alpha value is -2.87. The molecule has 0 unspecified atom stereocenters. The highest BCUT2D eigenvalue weighted by Crippen LogP contribution is 2.42. The van der Waals surface area contributed by atoms with E-state index < -0.39 is 0 Å². The van der Waals surface area contributed by atoms with Crippen LogP contribution in [0, 0.1) is 19.7 Å². The lowest BCUT2D eigenvalue weighted by atomic mass is 9.85. The number of allylic oxidation sites excluding steroid dienone is 1. The summed E-state index contributed by atoms with van der Waals surface area (Å²) in [5.41, 5.74) is 7.91. The zero-order chi connectivity index (χ0) is 19.0. The fourth-order valence-electron chi connectivity index (χ4n) is 4.22. The molecule has 1 aliphatic rings. The normalized spacial score (nSPS) is 14.0. The predicted octanol–water partition coefficient (Wildman–Crippen LogP) is 6.44. The summed E-state index contributed by atoms with van der Waals surface area (Å²) in [7, 11) is 0. The zero-order valence-corrected chi connectivity index (χ0v) is 15.7. The van der Waals surface area contributed by atoms with Crippen molar-refractivity contribution in [2.24, 2.45) is 0 Å². The maximum Gasteiger partial charge on any atom is 0.131 e. The van der Waals surface area contributed by atoms with E-state index in [-0.39, 0.29) is 11.6 Å². The average molecular weight is 358 g/mol. The Morgan fingerprint density at radius 3 is 2.41 bits per heavy atom. The molecule has 3 aromatic carbocycles. The number of rotatable bonds is 2. The second-order valence-electron chi connectivity index (χ2n) is 7.35. The van der Waals surface area contributed by atoms with Gasteiger partial charge in [-0.2, -0.15) is 0 Å².